The van der Waals surface area contributed by atoms with E-state index < -0.39 is 11.7 Å². The Balaban J connectivity index is 2.22. The lowest BCUT2D eigenvalue weighted by atomic mass is 9.57. The van der Waals surface area contributed by atoms with Gasteiger partial charge in [-0.1, -0.05) is 44.9 Å². The lowest BCUT2D eigenvalue weighted by molar-refractivity contribution is -0.137. The first-order valence-electron chi connectivity index (χ1n) is 7.80. The first kappa shape index (κ1) is 16.3. The Hall–Kier alpha value is -1.03. The molecule has 0 bridgehead atoms. The van der Waals surface area contributed by atoms with Gasteiger partial charge in [0.25, 0.3) is 0 Å². The van der Waals surface area contributed by atoms with Crippen molar-refractivity contribution in [3.63, 3.8) is 0 Å². The van der Waals surface area contributed by atoms with E-state index in [1.807, 2.05) is 13.0 Å². The monoisotopic (exact) mass is 299 g/mol. The SMILES string of the molecule is CCCC1CC(CNCC)(c2cccc(C(F)(F)F)c2)C1. The van der Waals surface area contributed by atoms with Crippen LogP contribution in [-0.4, -0.2) is 13.1 Å². The van der Waals surface area contributed by atoms with Gasteiger partial charge in [0, 0.05) is 12.0 Å². The molecule has 1 nitrogen and oxygen atoms in total. The summed E-state index contributed by atoms with van der Waals surface area (Å²) in [6, 6.07) is 5.90. The van der Waals surface area contributed by atoms with Crippen molar-refractivity contribution >= 4 is 0 Å². The minimum Gasteiger partial charge on any atom is -0.316 e. The van der Waals surface area contributed by atoms with Crippen LogP contribution in [-0.2, 0) is 11.6 Å². The summed E-state index contributed by atoms with van der Waals surface area (Å²) in [4.78, 5) is 0. The number of rotatable bonds is 6. The molecule has 0 radical (unpaired) electrons. The molecule has 1 N–H and O–H groups in total. The van der Waals surface area contributed by atoms with E-state index in [4.69, 9.17) is 0 Å². The molecule has 0 unspecified atom stereocenters. The molecule has 1 aliphatic rings. The largest absolute Gasteiger partial charge is 0.416 e. The molecule has 21 heavy (non-hydrogen) atoms. The molecule has 4 heteroatoms. The highest BCUT2D eigenvalue weighted by atomic mass is 19.4. The van der Waals surface area contributed by atoms with Crippen molar-refractivity contribution in [2.45, 2.75) is 51.1 Å². The highest BCUT2D eigenvalue weighted by Gasteiger charge is 2.45. The quantitative estimate of drug-likeness (QED) is 0.798. The second-order valence-electron chi connectivity index (χ2n) is 6.20. The number of nitrogens with one attached hydrogen (secondary N) is 1. The number of alkyl halides is 3. The Labute approximate surface area is 124 Å². The summed E-state index contributed by atoms with van der Waals surface area (Å²) in [5.74, 6) is 0.656. The van der Waals surface area contributed by atoms with E-state index >= 15 is 0 Å². The lowest BCUT2D eigenvalue weighted by Gasteiger charge is -2.49. The summed E-state index contributed by atoms with van der Waals surface area (Å²) in [6.07, 6.45) is 0.0453. The number of hydrogen-bond donors (Lipinski definition) is 1. The van der Waals surface area contributed by atoms with Crippen LogP contribution in [0.2, 0.25) is 0 Å². The molecule has 1 aromatic rings. The van der Waals surface area contributed by atoms with Gasteiger partial charge in [-0.15, -0.1) is 0 Å². The van der Waals surface area contributed by atoms with Gasteiger partial charge in [0.05, 0.1) is 5.56 Å². The van der Waals surface area contributed by atoms with Crippen LogP contribution in [0, 0.1) is 5.92 Å². The maximum absolute atomic E-state index is 12.9. The van der Waals surface area contributed by atoms with Gasteiger partial charge in [0.2, 0.25) is 0 Å². The van der Waals surface area contributed by atoms with E-state index in [1.165, 1.54) is 12.5 Å². The van der Waals surface area contributed by atoms with Gasteiger partial charge in [0.1, 0.15) is 0 Å². The van der Waals surface area contributed by atoms with Crippen LogP contribution in [0.5, 0.6) is 0 Å². The van der Waals surface area contributed by atoms with Gasteiger partial charge >= 0.3 is 6.18 Å². The van der Waals surface area contributed by atoms with Crippen LogP contribution >= 0.6 is 0 Å². The van der Waals surface area contributed by atoms with Crippen LogP contribution in [0.4, 0.5) is 13.2 Å². The Morgan fingerprint density at radius 1 is 1.24 bits per heavy atom. The van der Waals surface area contributed by atoms with Crippen molar-refractivity contribution in [3.8, 4) is 0 Å². The van der Waals surface area contributed by atoms with Crippen molar-refractivity contribution in [1.82, 2.24) is 5.32 Å². The zero-order chi connectivity index (χ0) is 15.5. The summed E-state index contributed by atoms with van der Waals surface area (Å²) >= 11 is 0. The second-order valence-corrected chi connectivity index (χ2v) is 6.20. The third-order valence-corrected chi connectivity index (χ3v) is 4.57. The summed E-state index contributed by atoms with van der Waals surface area (Å²) in [7, 11) is 0. The van der Waals surface area contributed by atoms with Crippen molar-refractivity contribution in [3.05, 3.63) is 35.4 Å². The number of hydrogen-bond acceptors (Lipinski definition) is 1. The average molecular weight is 299 g/mol. The molecule has 0 amide bonds. The van der Waals surface area contributed by atoms with Crippen LogP contribution in [0.3, 0.4) is 0 Å². The van der Waals surface area contributed by atoms with Crippen molar-refractivity contribution in [2.75, 3.05) is 13.1 Å². The molecule has 0 aliphatic heterocycles. The van der Waals surface area contributed by atoms with E-state index in [9.17, 15) is 13.2 Å². The maximum Gasteiger partial charge on any atom is 0.416 e. The Kier molecular flexibility index (Phi) is 4.97. The topological polar surface area (TPSA) is 12.0 Å². The average Bonchev–Trinajstić information content (AvgIpc) is 2.40. The van der Waals surface area contributed by atoms with Gasteiger partial charge in [-0.2, -0.15) is 13.2 Å². The van der Waals surface area contributed by atoms with Gasteiger partial charge in [-0.3, -0.25) is 0 Å². The predicted molar refractivity (Wildman–Crippen MR) is 79.3 cm³/mol. The first-order chi connectivity index (χ1) is 9.91. The summed E-state index contributed by atoms with van der Waals surface area (Å²) in [5.41, 5.74) is 0.192. The van der Waals surface area contributed by atoms with E-state index in [0.29, 0.717) is 5.92 Å². The van der Waals surface area contributed by atoms with Gasteiger partial charge < -0.3 is 5.32 Å². The molecule has 0 saturated heterocycles. The maximum atomic E-state index is 12.9. The molecule has 118 valence electrons. The van der Waals surface area contributed by atoms with Crippen molar-refractivity contribution in [2.24, 2.45) is 5.92 Å². The fourth-order valence-electron chi connectivity index (χ4n) is 3.53. The van der Waals surface area contributed by atoms with Gasteiger partial charge in [-0.05, 0) is 36.9 Å². The molecular weight excluding hydrogens is 275 g/mol. The van der Waals surface area contributed by atoms with Gasteiger partial charge in [0.15, 0.2) is 0 Å². The predicted octanol–water partition coefficient (Wildman–Crippen LogP) is 4.76. The smallest absolute Gasteiger partial charge is 0.316 e. The van der Waals surface area contributed by atoms with E-state index in [-0.39, 0.29) is 5.41 Å². The summed E-state index contributed by atoms with van der Waals surface area (Å²) in [5, 5.41) is 3.33. The molecule has 0 aromatic heterocycles. The first-order valence-corrected chi connectivity index (χ1v) is 7.80. The normalized spacial score (nSPS) is 25.7. The van der Waals surface area contributed by atoms with E-state index in [2.05, 4.69) is 12.2 Å². The highest BCUT2D eigenvalue weighted by molar-refractivity contribution is 5.34. The number of halogens is 3. The minimum absolute atomic E-state index is 0.114. The van der Waals surface area contributed by atoms with Crippen LogP contribution in [0.15, 0.2) is 24.3 Å². The van der Waals surface area contributed by atoms with Crippen molar-refractivity contribution in [1.29, 1.82) is 0 Å². The molecule has 1 fully saturated rings. The molecule has 0 atom stereocenters. The van der Waals surface area contributed by atoms with Crippen LogP contribution in [0.1, 0.15) is 50.7 Å². The second kappa shape index (κ2) is 6.39. The standard InChI is InChI=1S/C17H24F3N/c1-3-6-13-10-16(11-13,12-21-4-2)14-7-5-8-15(9-14)17(18,19)20/h5,7-9,13,21H,3-4,6,10-12H2,1-2H3. The third kappa shape index (κ3) is 3.60. The molecular formula is C17H24F3N. The lowest BCUT2D eigenvalue weighted by Crippen LogP contribution is -2.48. The van der Waals surface area contributed by atoms with Crippen LogP contribution in [0.25, 0.3) is 0 Å². The summed E-state index contributed by atoms with van der Waals surface area (Å²) in [6.45, 7) is 5.81. The van der Waals surface area contributed by atoms with Gasteiger partial charge in [-0.25, -0.2) is 0 Å². The summed E-state index contributed by atoms with van der Waals surface area (Å²) < 4.78 is 38.7. The number of benzene rings is 1. The van der Waals surface area contributed by atoms with Crippen LogP contribution < -0.4 is 5.32 Å². The fraction of sp³-hybridized carbons (Fsp3) is 0.647. The minimum atomic E-state index is -4.26. The van der Waals surface area contributed by atoms with E-state index in [1.54, 1.807) is 6.07 Å². The molecule has 1 saturated carbocycles. The number of likely N-dealkylation sites (N-methyl/N-ethyl adjacent to an activating group) is 1. The fourth-order valence-corrected chi connectivity index (χ4v) is 3.53. The molecule has 0 spiro atoms. The van der Waals surface area contributed by atoms with Crippen molar-refractivity contribution < 1.29 is 13.2 Å². The Bertz CT molecular complexity index is 461. The third-order valence-electron chi connectivity index (χ3n) is 4.57. The zero-order valence-electron chi connectivity index (χ0n) is 12.8. The molecule has 1 aliphatic carbocycles. The van der Waals surface area contributed by atoms with E-state index in [0.717, 1.165) is 44.0 Å². The Morgan fingerprint density at radius 3 is 2.52 bits per heavy atom. The Morgan fingerprint density at radius 2 is 1.95 bits per heavy atom. The highest BCUT2D eigenvalue weighted by Crippen LogP contribution is 2.50. The molecule has 1 aromatic carbocycles. The molecule has 2 rings (SSSR count). The molecule has 0 heterocycles. The zero-order valence-corrected chi connectivity index (χ0v) is 12.8.